The highest BCUT2D eigenvalue weighted by atomic mass is 31.2. The van der Waals surface area contributed by atoms with Crippen molar-refractivity contribution in [2.75, 3.05) is 47.5 Å². The molecule has 0 saturated carbocycles. The molecule has 0 heterocycles. The lowest BCUT2D eigenvalue weighted by atomic mass is 10.0. The fraction of sp³-hybridized carbons (Fsp3) is 0.791. The number of carbonyl (C=O) groups excluding carboxylic acids is 2. The molecule has 2 atom stereocenters. The van der Waals surface area contributed by atoms with Crippen LogP contribution in [0.3, 0.4) is 0 Å². The third-order valence-electron chi connectivity index (χ3n) is 14.0. The monoisotopic (exact) mass is 1100 g/mol. The first-order valence-electron chi connectivity index (χ1n) is 32.2. The summed E-state index contributed by atoms with van der Waals surface area (Å²) >= 11 is 0. The maximum atomic E-state index is 12.8. The molecule has 9 nitrogen and oxygen atoms in total. The van der Waals surface area contributed by atoms with Crippen LogP contribution in [0.4, 0.5) is 0 Å². The van der Waals surface area contributed by atoms with E-state index in [1.54, 1.807) is 0 Å². The largest absolute Gasteiger partial charge is 0.472 e. The Morgan fingerprint density at radius 1 is 0.416 bits per heavy atom. The number of phosphoric acid groups is 1. The normalized spacial score (nSPS) is 13.7. The Hall–Kier alpha value is -2.55. The minimum atomic E-state index is -4.39. The van der Waals surface area contributed by atoms with Crippen molar-refractivity contribution in [3.05, 3.63) is 72.9 Å². The lowest BCUT2D eigenvalue weighted by Crippen LogP contribution is -2.37. The molecular weight excluding hydrogens is 978 g/mol. The standard InChI is InChI=1S/C67H122NO8P/c1-6-8-10-12-14-16-18-20-22-24-25-26-27-28-29-30-31-32-33-34-35-36-37-38-39-40-41-42-43-44-46-48-50-52-54-56-58-60-67(70)76-65(64-75-77(71,72)74-62-61-68(3,4)5)63-73-66(69)59-57-55-53-51-49-47-45-23-21-19-17-15-13-11-9-7-2/h8,10,14,16-17,19-20,22-23,25-26,45,65H,6-7,9,11-13,15,18,21,24,27-44,46-64H2,1-5H3/p+1/b10-8-,16-14-,19-17-,22-20-,26-25-,45-23-. The van der Waals surface area contributed by atoms with Gasteiger partial charge in [0.25, 0.3) is 0 Å². The summed E-state index contributed by atoms with van der Waals surface area (Å²) in [7, 11) is 1.48. The number of allylic oxidation sites excluding steroid dienone is 12. The molecule has 0 amide bonds. The van der Waals surface area contributed by atoms with Crippen molar-refractivity contribution < 1.29 is 42.1 Å². The summed E-state index contributed by atoms with van der Waals surface area (Å²) in [5, 5.41) is 0. The van der Waals surface area contributed by atoms with Crippen LogP contribution in [0.1, 0.15) is 290 Å². The van der Waals surface area contributed by atoms with Gasteiger partial charge in [-0.1, -0.05) is 267 Å². The summed E-state index contributed by atoms with van der Waals surface area (Å²) in [6.07, 6.45) is 77.2. The van der Waals surface area contributed by atoms with Crippen LogP contribution in [0.15, 0.2) is 72.9 Å². The van der Waals surface area contributed by atoms with Gasteiger partial charge in [0.15, 0.2) is 6.10 Å². The van der Waals surface area contributed by atoms with Gasteiger partial charge in [-0.05, 0) is 83.5 Å². The molecule has 448 valence electrons. The molecule has 0 aromatic rings. The zero-order valence-electron chi connectivity index (χ0n) is 50.9. The Balaban J connectivity index is 3.96. The fourth-order valence-electron chi connectivity index (χ4n) is 9.04. The Bertz CT molecular complexity index is 1530. The van der Waals surface area contributed by atoms with Crippen molar-refractivity contribution in [1.82, 2.24) is 0 Å². The third kappa shape index (κ3) is 62.5. The molecule has 0 saturated heterocycles. The lowest BCUT2D eigenvalue weighted by Gasteiger charge is -2.24. The van der Waals surface area contributed by atoms with E-state index in [2.05, 4.69) is 86.8 Å². The summed E-state index contributed by atoms with van der Waals surface area (Å²) < 4.78 is 34.6. The molecule has 0 aromatic heterocycles. The van der Waals surface area contributed by atoms with E-state index in [1.165, 1.54) is 173 Å². The summed E-state index contributed by atoms with van der Waals surface area (Å²) in [5.74, 6) is -0.803. The maximum Gasteiger partial charge on any atom is 0.472 e. The van der Waals surface area contributed by atoms with Crippen LogP contribution in [0.5, 0.6) is 0 Å². The summed E-state index contributed by atoms with van der Waals surface area (Å²) in [6, 6.07) is 0. The van der Waals surface area contributed by atoms with Gasteiger partial charge in [-0.3, -0.25) is 18.6 Å². The highest BCUT2D eigenvalue weighted by Crippen LogP contribution is 2.43. The summed E-state index contributed by atoms with van der Waals surface area (Å²) in [5.41, 5.74) is 0. The van der Waals surface area contributed by atoms with Gasteiger partial charge in [0, 0.05) is 12.8 Å². The van der Waals surface area contributed by atoms with Gasteiger partial charge in [0.2, 0.25) is 0 Å². The van der Waals surface area contributed by atoms with E-state index in [9.17, 15) is 19.0 Å². The van der Waals surface area contributed by atoms with Crippen LogP contribution < -0.4 is 0 Å². The van der Waals surface area contributed by atoms with Crippen molar-refractivity contribution >= 4 is 19.8 Å². The number of carbonyl (C=O) groups is 2. The molecule has 1 N–H and O–H groups in total. The van der Waals surface area contributed by atoms with E-state index in [0.717, 1.165) is 83.5 Å². The van der Waals surface area contributed by atoms with E-state index in [0.29, 0.717) is 17.4 Å². The predicted molar refractivity (Wildman–Crippen MR) is 330 cm³/mol. The Labute approximate surface area is 476 Å². The first kappa shape index (κ1) is 74.5. The Morgan fingerprint density at radius 3 is 1.10 bits per heavy atom. The first-order valence-corrected chi connectivity index (χ1v) is 33.7. The number of quaternary nitrogens is 1. The van der Waals surface area contributed by atoms with E-state index in [1.807, 2.05) is 21.1 Å². The van der Waals surface area contributed by atoms with Gasteiger partial charge in [0.1, 0.15) is 19.8 Å². The number of unbranched alkanes of at least 4 members (excludes halogenated alkanes) is 33. The first-order chi connectivity index (χ1) is 37.5. The second kappa shape index (κ2) is 58.1. The van der Waals surface area contributed by atoms with Crippen molar-refractivity contribution in [2.24, 2.45) is 0 Å². The van der Waals surface area contributed by atoms with E-state index >= 15 is 0 Å². The number of hydrogen-bond acceptors (Lipinski definition) is 7. The lowest BCUT2D eigenvalue weighted by molar-refractivity contribution is -0.870. The highest BCUT2D eigenvalue weighted by molar-refractivity contribution is 7.47. The Kier molecular flexibility index (Phi) is 56.2. The van der Waals surface area contributed by atoms with Crippen LogP contribution >= 0.6 is 7.82 Å². The third-order valence-corrected chi connectivity index (χ3v) is 15.0. The highest BCUT2D eigenvalue weighted by Gasteiger charge is 2.27. The smallest absolute Gasteiger partial charge is 0.462 e. The molecule has 0 fully saturated rings. The van der Waals surface area contributed by atoms with Crippen LogP contribution in [0.2, 0.25) is 0 Å². The van der Waals surface area contributed by atoms with Crippen LogP contribution in [0.25, 0.3) is 0 Å². The predicted octanol–water partition coefficient (Wildman–Crippen LogP) is 20.4. The number of likely N-dealkylation sites (N-methyl/N-ethyl adjacent to an activating group) is 1. The fourth-order valence-corrected chi connectivity index (χ4v) is 9.78. The van der Waals surface area contributed by atoms with Crippen LogP contribution in [0, 0.1) is 0 Å². The van der Waals surface area contributed by atoms with Crippen LogP contribution in [-0.4, -0.2) is 74.9 Å². The number of phosphoric ester groups is 1. The zero-order chi connectivity index (χ0) is 56.3. The Morgan fingerprint density at radius 2 is 0.740 bits per heavy atom. The molecule has 77 heavy (non-hydrogen) atoms. The molecule has 2 unspecified atom stereocenters. The van der Waals surface area contributed by atoms with Gasteiger partial charge in [-0.15, -0.1) is 0 Å². The quantitative estimate of drug-likeness (QED) is 0.0211. The van der Waals surface area contributed by atoms with Crippen molar-refractivity contribution in [3.63, 3.8) is 0 Å². The van der Waals surface area contributed by atoms with Crippen molar-refractivity contribution in [3.8, 4) is 0 Å². The summed E-state index contributed by atoms with van der Waals surface area (Å²) in [4.78, 5) is 35.7. The second-order valence-corrected chi connectivity index (χ2v) is 24.2. The molecule has 10 heteroatoms. The molecule has 0 bridgehead atoms. The van der Waals surface area contributed by atoms with Gasteiger partial charge in [-0.25, -0.2) is 4.57 Å². The molecular formula is C67H123NO8P+. The number of hydrogen-bond donors (Lipinski definition) is 1. The van der Waals surface area contributed by atoms with Crippen molar-refractivity contribution in [1.29, 1.82) is 0 Å². The van der Waals surface area contributed by atoms with Gasteiger partial charge in [-0.2, -0.15) is 0 Å². The SMILES string of the molecule is CC/C=C\C/C=C\C/C=C\C/C=C\CCCCCCCCCCCCCCCCCCCCCCCCCCC(=O)OC(COC(=O)CCCCCCC/C=C\C/C=C\CCCCCC)COP(=O)(O)OCC[N+](C)(C)C. The maximum absolute atomic E-state index is 12.8. The molecule has 0 rings (SSSR count). The molecule has 0 aromatic carbocycles. The number of rotatable bonds is 59. The minimum Gasteiger partial charge on any atom is -0.462 e. The molecule has 0 aliphatic rings. The van der Waals surface area contributed by atoms with Crippen molar-refractivity contribution in [2.45, 2.75) is 296 Å². The van der Waals surface area contributed by atoms with E-state index in [-0.39, 0.29) is 32.0 Å². The van der Waals surface area contributed by atoms with E-state index < -0.39 is 26.5 Å². The minimum absolute atomic E-state index is 0.0293. The summed E-state index contributed by atoms with van der Waals surface area (Å²) in [6.45, 7) is 4.31. The molecule has 0 aliphatic carbocycles. The van der Waals surface area contributed by atoms with Gasteiger partial charge in [0.05, 0.1) is 27.7 Å². The van der Waals surface area contributed by atoms with Gasteiger partial charge < -0.3 is 18.9 Å². The average molecular weight is 1100 g/mol. The molecule has 0 radical (unpaired) electrons. The number of nitrogens with zero attached hydrogens (tertiary/aromatic N) is 1. The average Bonchev–Trinajstić information content (AvgIpc) is 3.39. The number of ether oxygens (including phenoxy) is 2. The topological polar surface area (TPSA) is 108 Å². The van der Waals surface area contributed by atoms with Gasteiger partial charge >= 0.3 is 19.8 Å². The van der Waals surface area contributed by atoms with Crippen LogP contribution in [-0.2, 0) is 32.7 Å². The number of esters is 2. The second-order valence-electron chi connectivity index (χ2n) is 22.8. The van der Waals surface area contributed by atoms with E-state index in [4.69, 9.17) is 18.5 Å². The zero-order valence-corrected chi connectivity index (χ0v) is 51.8. The molecule has 0 spiro atoms. The molecule has 0 aliphatic heterocycles.